The molecule has 154 valence electrons. The molecule has 13 nitrogen and oxygen atoms in total. The predicted octanol–water partition coefficient (Wildman–Crippen LogP) is -0.195. The fraction of sp³-hybridized carbons (Fsp3) is 0.0588. The van der Waals surface area contributed by atoms with Crippen LogP contribution < -0.4 is 22.9 Å². The van der Waals surface area contributed by atoms with Crippen molar-refractivity contribution in [3.63, 3.8) is 0 Å². The molecule has 0 atom stereocenters. The Balaban J connectivity index is 0.000000197. The minimum Gasteiger partial charge on any atom is -0.400 e. The fourth-order valence-corrected chi connectivity index (χ4v) is 2.08. The molecular weight excluding hydrogens is 388 g/mol. The topological polar surface area (TPSA) is 227 Å². The van der Waals surface area contributed by atoms with Crippen molar-refractivity contribution in [2.45, 2.75) is 0 Å². The van der Waals surface area contributed by atoms with Crippen LogP contribution in [0.2, 0.25) is 0 Å². The van der Waals surface area contributed by atoms with E-state index in [0.29, 0.717) is 11.6 Å². The molecule has 4 aromatic heterocycles. The summed E-state index contributed by atoms with van der Waals surface area (Å²) in [4.78, 5) is 30.9. The first kappa shape index (κ1) is 21.8. The molecule has 0 aromatic carbocycles. The van der Waals surface area contributed by atoms with E-state index in [-0.39, 0.29) is 23.8 Å². The number of pyridine rings is 2. The third kappa shape index (κ3) is 6.28. The van der Waals surface area contributed by atoms with Gasteiger partial charge in [-0.15, -0.1) is 0 Å². The number of hydrogen-bond donors (Lipinski definition) is 5. The van der Waals surface area contributed by atoms with Gasteiger partial charge in [-0.3, -0.25) is 9.97 Å². The van der Waals surface area contributed by atoms with Gasteiger partial charge in [-0.1, -0.05) is 0 Å². The van der Waals surface area contributed by atoms with Crippen LogP contribution in [0.25, 0.3) is 22.8 Å². The molecule has 0 radical (unpaired) electrons. The monoisotopic (exact) mass is 408 g/mol. The molecule has 4 rings (SSSR count). The Labute approximate surface area is 171 Å². The Kier molecular flexibility index (Phi) is 7.78. The maximum Gasteiger partial charge on any atom is 0.225 e. The first-order chi connectivity index (χ1) is 14.5. The Morgan fingerprint density at radius 2 is 0.767 bits per heavy atom. The largest absolute Gasteiger partial charge is 0.400 e. The Morgan fingerprint density at radius 3 is 1.03 bits per heavy atom. The molecule has 0 saturated heterocycles. The van der Waals surface area contributed by atoms with E-state index in [1.54, 1.807) is 49.1 Å². The summed E-state index contributed by atoms with van der Waals surface area (Å²) < 4.78 is 0. The van der Waals surface area contributed by atoms with Gasteiger partial charge in [-0.2, -0.15) is 29.9 Å². The molecule has 4 heterocycles. The zero-order valence-electron chi connectivity index (χ0n) is 16.0. The second-order valence-corrected chi connectivity index (χ2v) is 5.22. The summed E-state index contributed by atoms with van der Waals surface area (Å²) in [6.07, 6.45) is 6.58. The number of aliphatic hydroxyl groups is 1. The van der Waals surface area contributed by atoms with Crippen LogP contribution in [-0.4, -0.2) is 52.1 Å². The summed E-state index contributed by atoms with van der Waals surface area (Å²) >= 11 is 0. The zero-order chi connectivity index (χ0) is 21.9. The highest BCUT2D eigenvalue weighted by Gasteiger charge is 2.04. The third-order valence-electron chi connectivity index (χ3n) is 3.22. The van der Waals surface area contributed by atoms with Crippen LogP contribution in [0.5, 0.6) is 0 Å². The van der Waals surface area contributed by atoms with Crippen molar-refractivity contribution in [2.75, 3.05) is 30.0 Å². The van der Waals surface area contributed by atoms with Crippen molar-refractivity contribution < 1.29 is 5.11 Å². The minimum atomic E-state index is 0.115. The Bertz CT molecular complexity index is 935. The zero-order valence-corrected chi connectivity index (χ0v) is 16.0. The van der Waals surface area contributed by atoms with Crippen molar-refractivity contribution in [2.24, 2.45) is 0 Å². The van der Waals surface area contributed by atoms with E-state index in [1.807, 2.05) is 0 Å². The van der Waals surface area contributed by atoms with Crippen LogP contribution in [0, 0.1) is 0 Å². The van der Waals surface area contributed by atoms with E-state index in [2.05, 4.69) is 39.9 Å². The highest BCUT2D eigenvalue weighted by molar-refractivity contribution is 5.56. The van der Waals surface area contributed by atoms with Gasteiger partial charge in [0.2, 0.25) is 23.8 Å². The lowest BCUT2D eigenvalue weighted by Crippen LogP contribution is -2.04. The summed E-state index contributed by atoms with van der Waals surface area (Å²) in [5.41, 5.74) is 23.4. The molecule has 13 heteroatoms. The molecule has 0 unspecified atom stereocenters. The first-order valence-electron chi connectivity index (χ1n) is 8.31. The van der Waals surface area contributed by atoms with Crippen LogP contribution in [0.4, 0.5) is 23.8 Å². The van der Waals surface area contributed by atoms with Gasteiger partial charge in [0.1, 0.15) is 0 Å². The number of aliphatic hydroxyl groups excluding tert-OH is 1. The van der Waals surface area contributed by atoms with E-state index in [9.17, 15) is 0 Å². The molecule has 0 bridgehead atoms. The average molecular weight is 408 g/mol. The number of nitrogens with zero attached hydrogens (tertiary/aromatic N) is 8. The number of rotatable bonds is 2. The van der Waals surface area contributed by atoms with E-state index in [0.717, 1.165) is 18.2 Å². The van der Waals surface area contributed by atoms with E-state index < -0.39 is 0 Å². The highest BCUT2D eigenvalue weighted by Crippen LogP contribution is 2.15. The van der Waals surface area contributed by atoms with Gasteiger partial charge in [-0.25, -0.2) is 0 Å². The van der Waals surface area contributed by atoms with Crippen LogP contribution in [0.15, 0.2) is 49.1 Å². The summed E-state index contributed by atoms with van der Waals surface area (Å²) in [6.45, 7) is 0. The predicted molar refractivity (Wildman–Crippen MR) is 112 cm³/mol. The molecule has 9 N–H and O–H groups in total. The number of aromatic nitrogens is 8. The van der Waals surface area contributed by atoms with Gasteiger partial charge in [0, 0.05) is 43.0 Å². The quantitative estimate of drug-likeness (QED) is 0.290. The van der Waals surface area contributed by atoms with Crippen LogP contribution >= 0.6 is 0 Å². The van der Waals surface area contributed by atoms with Crippen LogP contribution in [0.1, 0.15) is 0 Å². The number of nitrogens with two attached hydrogens (primary N) is 4. The first-order valence-corrected chi connectivity index (χ1v) is 8.31. The SMILES string of the molecule is CO.Nc1nc(N)nc(-c2ccncc2)n1.Nc1nc(N)nc(-c2ccncc2)n1. The molecule has 0 spiro atoms. The minimum absolute atomic E-state index is 0.115. The highest BCUT2D eigenvalue weighted by atomic mass is 16.2. The van der Waals surface area contributed by atoms with E-state index in [1.165, 1.54) is 0 Å². The van der Waals surface area contributed by atoms with E-state index in [4.69, 9.17) is 28.0 Å². The van der Waals surface area contributed by atoms with Gasteiger partial charge < -0.3 is 28.0 Å². The average Bonchev–Trinajstić information content (AvgIpc) is 2.76. The molecule has 4 aromatic rings. The lowest BCUT2D eigenvalue weighted by atomic mass is 10.2. The van der Waals surface area contributed by atoms with Crippen molar-refractivity contribution in [3.8, 4) is 22.8 Å². The summed E-state index contributed by atoms with van der Waals surface area (Å²) in [5.74, 6) is 1.37. The second-order valence-electron chi connectivity index (χ2n) is 5.22. The molecule has 0 aliphatic rings. The molecule has 0 fully saturated rings. The van der Waals surface area contributed by atoms with Gasteiger partial charge in [0.05, 0.1) is 0 Å². The normalized spacial score (nSPS) is 9.53. The molecule has 30 heavy (non-hydrogen) atoms. The maximum absolute atomic E-state index is 7.00. The second kappa shape index (κ2) is 10.7. The fourth-order valence-electron chi connectivity index (χ4n) is 2.08. The number of nitrogen functional groups attached to an aromatic ring is 4. The molecular formula is C17H20N12O. The molecule has 0 amide bonds. The number of hydrogen-bond acceptors (Lipinski definition) is 13. The van der Waals surface area contributed by atoms with Gasteiger partial charge >= 0.3 is 0 Å². The smallest absolute Gasteiger partial charge is 0.225 e. The van der Waals surface area contributed by atoms with Crippen molar-refractivity contribution in [1.82, 2.24) is 39.9 Å². The number of anilines is 4. The van der Waals surface area contributed by atoms with Gasteiger partial charge in [0.15, 0.2) is 11.6 Å². The molecule has 0 aliphatic carbocycles. The van der Waals surface area contributed by atoms with Crippen molar-refractivity contribution in [3.05, 3.63) is 49.1 Å². The summed E-state index contributed by atoms with van der Waals surface area (Å²) in [7, 11) is 1.00. The third-order valence-corrected chi connectivity index (χ3v) is 3.22. The van der Waals surface area contributed by atoms with Crippen LogP contribution in [-0.2, 0) is 0 Å². The standard InChI is InChI=1S/2C8H8N6.CH4O/c2*9-7-12-6(13-8(10)14-7)5-1-3-11-4-2-5;1-2/h2*1-4H,(H4,9,10,12,13,14);2H,1H3. The van der Waals surface area contributed by atoms with Crippen molar-refractivity contribution >= 4 is 23.8 Å². The molecule has 0 saturated carbocycles. The summed E-state index contributed by atoms with van der Waals surface area (Å²) in [5, 5.41) is 7.00. The Hall–Kier alpha value is -4.52. The maximum atomic E-state index is 7.00. The lowest BCUT2D eigenvalue weighted by molar-refractivity contribution is 0.399. The summed E-state index contributed by atoms with van der Waals surface area (Å²) in [6, 6.07) is 7.09. The van der Waals surface area contributed by atoms with Gasteiger partial charge in [0.25, 0.3) is 0 Å². The Morgan fingerprint density at radius 1 is 0.500 bits per heavy atom. The van der Waals surface area contributed by atoms with Crippen molar-refractivity contribution in [1.29, 1.82) is 0 Å². The van der Waals surface area contributed by atoms with Gasteiger partial charge in [-0.05, 0) is 24.3 Å². The molecule has 0 aliphatic heterocycles. The lowest BCUT2D eigenvalue weighted by Gasteiger charge is -2.00. The van der Waals surface area contributed by atoms with E-state index >= 15 is 0 Å². The van der Waals surface area contributed by atoms with Crippen LogP contribution in [0.3, 0.4) is 0 Å².